The number of hydrogen-bond donors (Lipinski definition) is 2. The van der Waals surface area contributed by atoms with E-state index in [2.05, 4.69) is 10.4 Å². The highest BCUT2D eigenvalue weighted by molar-refractivity contribution is 5.76. The SMILES string of the molecule is Cn1cc(CCC(=O)NCC2(O)CCCCC2)cn1. The Balaban J connectivity index is 1.69. The average Bonchev–Trinajstić information content (AvgIpc) is 2.81. The van der Waals surface area contributed by atoms with Crippen LogP contribution in [0.1, 0.15) is 44.1 Å². The quantitative estimate of drug-likeness (QED) is 0.839. The lowest BCUT2D eigenvalue weighted by molar-refractivity contribution is -0.122. The zero-order chi connectivity index (χ0) is 13.7. The molecule has 0 aromatic carbocycles. The molecule has 2 rings (SSSR count). The van der Waals surface area contributed by atoms with Crippen molar-refractivity contribution in [2.45, 2.75) is 50.5 Å². The lowest BCUT2D eigenvalue weighted by atomic mass is 9.85. The normalized spacial score (nSPS) is 18.2. The standard InChI is InChI=1S/C14H23N3O2/c1-17-10-12(9-16-17)5-6-13(18)15-11-14(19)7-3-2-4-8-14/h9-10,19H,2-8,11H2,1H3,(H,15,18). The number of nitrogens with zero attached hydrogens (tertiary/aromatic N) is 2. The number of aliphatic hydroxyl groups is 1. The second-order valence-corrected chi connectivity index (χ2v) is 5.58. The fourth-order valence-corrected chi connectivity index (χ4v) is 2.60. The van der Waals surface area contributed by atoms with Crippen molar-refractivity contribution in [2.75, 3.05) is 6.54 Å². The molecule has 0 bridgehead atoms. The van der Waals surface area contributed by atoms with Gasteiger partial charge < -0.3 is 10.4 Å². The van der Waals surface area contributed by atoms with Gasteiger partial charge in [0.1, 0.15) is 0 Å². The van der Waals surface area contributed by atoms with Gasteiger partial charge in [-0.3, -0.25) is 9.48 Å². The molecule has 0 spiro atoms. The topological polar surface area (TPSA) is 67.2 Å². The molecule has 0 atom stereocenters. The van der Waals surface area contributed by atoms with E-state index in [4.69, 9.17) is 0 Å². The largest absolute Gasteiger partial charge is 0.388 e. The average molecular weight is 265 g/mol. The summed E-state index contributed by atoms with van der Waals surface area (Å²) >= 11 is 0. The first-order chi connectivity index (χ1) is 9.07. The summed E-state index contributed by atoms with van der Waals surface area (Å²) in [6.07, 6.45) is 9.75. The van der Waals surface area contributed by atoms with E-state index in [1.54, 1.807) is 10.9 Å². The fraction of sp³-hybridized carbons (Fsp3) is 0.714. The van der Waals surface area contributed by atoms with Crippen molar-refractivity contribution in [1.29, 1.82) is 0 Å². The molecule has 1 aliphatic carbocycles. The second kappa shape index (κ2) is 6.19. The Morgan fingerprint density at radius 3 is 2.84 bits per heavy atom. The highest BCUT2D eigenvalue weighted by atomic mass is 16.3. The van der Waals surface area contributed by atoms with Crippen LogP contribution in [0.25, 0.3) is 0 Å². The van der Waals surface area contributed by atoms with Crippen molar-refractivity contribution in [1.82, 2.24) is 15.1 Å². The van der Waals surface area contributed by atoms with Crippen LogP contribution in [0, 0.1) is 0 Å². The molecule has 0 unspecified atom stereocenters. The monoisotopic (exact) mass is 265 g/mol. The van der Waals surface area contributed by atoms with Crippen LogP contribution in [-0.4, -0.2) is 32.9 Å². The summed E-state index contributed by atoms with van der Waals surface area (Å²) in [5.41, 5.74) is 0.386. The fourth-order valence-electron chi connectivity index (χ4n) is 2.60. The number of carbonyl (C=O) groups excluding carboxylic acids is 1. The zero-order valence-corrected chi connectivity index (χ0v) is 11.6. The minimum absolute atomic E-state index is 0.00264. The number of carbonyl (C=O) groups is 1. The summed E-state index contributed by atoms with van der Waals surface area (Å²) in [7, 11) is 1.86. The van der Waals surface area contributed by atoms with E-state index >= 15 is 0 Å². The van der Waals surface area contributed by atoms with Crippen molar-refractivity contribution < 1.29 is 9.90 Å². The molecule has 0 radical (unpaired) electrons. The van der Waals surface area contributed by atoms with Crippen LogP contribution in [0.4, 0.5) is 0 Å². The number of aromatic nitrogens is 2. The summed E-state index contributed by atoms with van der Waals surface area (Å²) in [6.45, 7) is 0.388. The molecule has 5 nitrogen and oxygen atoms in total. The van der Waals surface area contributed by atoms with Gasteiger partial charge in [-0.2, -0.15) is 5.10 Å². The third kappa shape index (κ3) is 4.35. The Morgan fingerprint density at radius 2 is 2.21 bits per heavy atom. The van der Waals surface area contributed by atoms with Crippen molar-refractivity contribution >= 4 is 5.91 Å². The molecule has 1 aromatic heterocycles. The van der Waals surface area contributed by atoms with Gasteiger partial charge in [-0.15, -0.1) is 0 Å². The van der Waals surface area contributed by atoms with E-state index in [-0.39, 0.29) is 5.91 Å². The predicted octanol–water partition coefficient (Wildman–Crippen LogP) is 1.16. The van der Waals surface area contributed by atoms with Crippen LogP contribution in [0.3, 0.4) is 0 Å². The molecule has 0 saturated heterocycles. The lowest BCUT2D eigenvalue weighted by Crippen LogP contribution is -2.44. The Bertz CT molecular complexity index is 422. The minimum atomic E-state index is -0.678. The first kappa shape index (κ1) is 14.1. The maximum Gasteiger partial charge on any atom is 0.220 e. The Hall–Kier alpha value is -1.36. The van der Waals surface area contributed by atoms with Gasteiger partial charge in [0, 0.05) is 26.2 Å². The molecule has 1 fully saturated rings. The van der Waals surface area contributed by atoms with Crippen molar-refractivity contribution in [3.63, 3.8) is 0 Å². The maximum atomic E-state index is 11.8. The highest BCUT2D eigenvalue weighted by Crippen LogP contribution is 2.27. The van der Waals surface area contributed by atoms with Gasteiger partial charge >= 0.3 is 0 Å². The summed E-state index contributed by atoms with van der Waals surface area (Å²) in [6, 6.07) is 0. The van der Waals surface area contributed by atoms with Gasteiger partial charge in [0.15, 0.2) is 0 Å². The summed E-state index contributed by atoms with van der Waals surface area (Å²) < 4.78 is 1.73. The molecule has 1 saturated carbocycles. The van der Waals surface area contributed by atoms with Crippen LogP contribution < -0.4 is 5.32 Å². The maximum absolute atomic E-state index is 11.8. The Morgan fingerprint density at radius 1 is 1.47 bits per heavy atom. The minimum Gasteiger partial charge on any atom is -0.388 e. The van der Waals surface area contributed by atoms with Crippen LogP contribution >= 0.6 is 0 Å². The van der Waals surface area contributed by atoms with E-state index in [0.717, 1.165) is 31.2 Å². The first-order valence-electron chi connectivity index (χ1n) is 7.04. The molecular formula is C14H23N3O2. The molecule has 5 heteroatoms. The third-order valence-electron chi connectivity index (χ3n) is 3.80. The van der Waals surface area contributed by atoms with Crippen LogP contribution in [0.5, 0.6) is 0 Å². The zero-order valence-electron chi connectivity index (χ0n) is 11.6. The summed E-state index contributed by atoms with van der Waals surface area (Å²) in [5, 5.41) is 17.2. The number of amides is 1. The van der Waals surface area contributed by atoms with Gasteiger partial charge in [-0.05, 0) is 24.8 Å². The van der Waals surface area contributed by atoms with Gasteiger partial charge in [-0.1, -0.05) is 19.3 Å². The molecule has 1 heterocycles. The number of hydrogen-bond acceptors (Lipinski definition) is 3. The smallest absolute Gasteiger partial charge is 0.220 e. The molecule has 1 aromatic rings. The van der Waals surface area contributed by atoms with Gasteiger partial charge in [0.2, 0.25) is 5.91 Å². The molecular weight excluding hydrogens is 242 g/mol. The lowest BCUT2D eigenvalue weighted by Gasteiger charge is -2.32. The third-order valence-corrected chi connectivity index (χ3v) is 3.80. The molecule has 2 N–H and O–H groups in total. The summed E-state index contributed by atoms with van der Waals surface area (Å²) in [4.78, 5) is 11.8. The Labute approximate surface area is 114 Å². The summed E-state index contributed by atoms with van der Waals surface area (Å²) in [5.74, 6) is 0.00264. The molecule has 0 aliphatic heterocycles. The van der Waals surface area contributed by atoms with Crippen LogP contribution in [-0.2, 0) is 18.3 Å². The van der Waals surface area contributed by atoms with Crippen molar-refractivity contribution in [2.24, 2.45) is 7.05 Å². The number of rotatable bonds is 5. The second-order valence-electron chi connectivity index (χ2n) is 5.58. The van der Waals surface area contributed by atoms with Gasteiger partial charge in [0.05, 0.1) is 11.8 Å². The van der Waals surface area contributed by atoms with E-state index in [9.17, 15) is 9.90 Å². The van der Waals surface area contributed by atoms with E-state index < -0.39 is 5.60 Å². The number of aryl methyl sites for hydroxylation is 2. The van der Waals surface area contributed by atoms with Gasteiger partial charge in [0.25, 0.3) is 0 Å². The van der Waals surface area contributed by atoms with Crippen molar-refractivity contribution in [3.8, 4) is 0 Å². The number of nitrogens with one attached hydrogen (secondary N) is 1. The van der Waals surface area contributed by atoms with E-state index in [1.807, 2.05) is 13.2 Å². The predicted molar refractivity (Wildman–Crippen MR) is 72.6 cm³/mol. The Kier molecular flexibility index (Phi) is 4.58. The molecule has 19 heavy (non-hydrogen) atoms. The van der Waals surface area contributed by atoms with Crippen LogP contribution in [0.15, 0.2) is 12.4 Å². The highest BCUT2D eigenvalue weighted by Gasteiger charge is 2.29. The van der Waals surface area contributed by atoms with E-state index in [0.29, 0.717) is 19.4 Å². The molecule has 1 aliphatic rings. The van der Waals surface area contributed by atoms with Crippen molar-refractivity contribution in [3.05, 3.63) is 18.0 Å². The molecule has 1 amide bonds. The first-order valence-corrected chi connectivity index (χ1v) is 7.04. The van der Waals surface area contributed by atoms with Crippen LogP contribution in [0.2, 0.25) is 0 Å². The van der Waals surface area contributed by atoms with Gasteiger partial charge in [-0.25, -0.2) is 0 Å². The molecule has 106 valence electrons. The van der Waals surface area contributed by atoms with E-state index in [1.165, 1.54) is 6.42 Å².